The number of aliphatic hydroxyl groups is 3. The van der Waals surface area contributed by atoms with Crippen LogP contribution < -0.4 is 5.32 Å². The number of nitrogens with one attached hydrogen (secondary N) is 1. The van der Waals surface area contributed by atoms with Gasteiger partial charge in [0.15, 0.2) is 11.9 Å². The van der Waals surface area contributed by atoms with Crippen molar-refractivity contribution in [3.63, 3.8) is 0 Å². The van der Waals surface area contributed by atoms with E-state index in [2.05, 4.69) is 97.1 Å². The van der Waals surface area contributed by atoms with Gasteiger partial charge in [0.25, 0.3) is 0 Å². The maximum Gasteiger partial charge on any atom is 0.339 e. The summed E-state index contributed by atoms with van der Waals surface area (Å²) in [6.45, 7) is 6.25. The van der Waals surface area contributed by atoms with Crippen molar-refractivity contribution in [2.24, 2.45) is 116 Å². The Kier molecular flexibility index (Phi) is 11.4. The molecule has 13 heteroatoms. The minimum absolute atomic E-state index is 0.0358. The molecule has 1 aromatic carbocycles. The van der Waals surface area contributed by atoms with E-state index in [1.807, 2.05) is 6.07 Å². The molecule has 19 rings (SSSR count). The number of ketones is 1. The number of ether oxygens (including phenoxy) is 4. The van der Waals surface area contributed by atoms with E-state index in [0.717, 1.165) is 102 Å². The highest BCUT2D eigenvalue weighted by Crippen LogP contribution is 2.91. The van der Waals surface area contributed by atoms with Crippen molar-refractivity contribution in [1.82, 2.24) is 10.2 Å². The van der Waals surface area contributed by atoms with Crippen molar-refractivity contribution >= 4 is 17.7 Å². The number of carbonyl (C=O) groups excluding carboxylic acids is 3. The van der Waals surface area contributed by atoms with Crippen LogP contribution in [0.3, 0.4) is 0 Å². The highest BCUT2D eigenvalue weighted by molar-refractivity contribution is 5.94. The van der Waals surface area contributed by atoms with E-state index < -0.39 is 92.0 Å². The number of allylic oxidation sites excluding steroid dienone is 4. The van der Waals surface area contributed by atoms with Crippen molar-refractivity contribution in [1.29, 1.82) is 0 Å². The number of cyclic esters (lactones) is 2. The summed E-state index contributed by atoms with van der Waals surface area (Å²) in [5.74, 6) is -0.220. The number of esters is 2. The molecule has 0 radical (unpaired) electrons. The molecule has 5 saturated heterocycles. The predicted molar refractivity (Wildman–Crippen MR) is 319 cm³/mol. The van der Waals surface area contributed by atoms with E-state index in [9.17, 15) is 15.3 Å². The summed E-state index contributed by atoms with van der Waals surface area (Å²) in [6.07, 6.45) is 31.0. The van der Waals surface area contributed by atoms with Crippen LogP contribution in [0.25, 0.3) is 0 Å². The number of furan rings is 1. The average Bonchev–Trinajstić information content (AvgIpc) is 1.44. The fourth-order valence-electron chi connectivity index (χ4n) is 27.8. The Labute approximate surface area is 511 Å². The number of carbonyl (C=O) groups is 3. The van der Waals surface area contributed by atoms with Crippen LogP contribution in [0, 0.1) is 116 Å². The van der Waals surface area contributed by atoms with Crippen LogP contribution in [0.2, 0.25) is 0 Å². The van der Waals surface area contributed by atoms with Gasteiger partial charge in [-0.25, -0.2) is 4.79 Å². The second kappa shape index (κ2) is 18.2. The quantitative estimate of drug-likeness (QED) is 0.106. The third-order valence-electron chi connectivity index (χ3n) is 30.3. The fraction of sp³-hybridized carbons (Fsp3) is 0.716. The summed E-state index contributed by atoms with van der Waals surface area (Å²) >= 11 is 0. The molecule has 1 aromatic heterocycles. The van der Waals surface area contributed by atoms with Crippen LogP contribution in [0.5, 0.6) is 0 Å². The molecule has 10 aliphatic carbocycles. The fourth-order valence-corrected chi connectivity index (χ4v) is 27.8. The average molecular weight is 1180 g/mol. The lowest BCUT2D eigenvalue weighted by Gasteiger charge is -2.73. The lowest BCUT2D eigenvalue weighted by atomic mass is 9.29. The standard InChI is InChI=1S/C74H90N2O11/c1-40-50-16-7-13-43(50)19-25-68(40)23-9-24-71-57(68)32-49-31-47-15-8-22-69(47)35-46-34-67(2)63(52-21-27-83-56(52)33-53(55(78)37-77)44-17-18-51-45(30-44)20-26-76-39-75-36-54(51)76)85-66(82)64-74(67,86-64)72(48-14-6-12-42(29-48)28-41-10-4-3-5-11-41)59(46)70(60(71)58(79)62(72)80)38-84-65(81)61(69)73(49,70)87-71/h3-5,9-11,19-21,23,25-27,32,40,42-48,50-51,53-55,57,59-64,75,77-78,80H,6-8,12-18,22,24,28-31,33-39H2,1-2H3/t40-,42+,43-,44-,45+,46-,47+,48-,50-,51-,53-,54-,55+,57-,59+,60-,61-,62+,63-,64+,67-,68+,69-,70+,71-,72-,73-,74+/m0/s1. The van der Waals surface area contributed by atoms with Crippen molar-refractivity contribution in [3.8, 4) is 0 Å². The number of fused-ring (bicyclic) bond motifs is 5. The molecule has 8 heterocycles. The Morgan fingerprint density at radius 2 is 1.74 bits per heavy atom. The molecule has 0 amide bonds. The lowest BCUT2D eigenvalue weighted by Crippen LogP contribution is -2.82. The lowest BCUT2D eigenvalue weighted by molar-refractivity contribution is -0.301. The monoisotopic (exact) mass is 1180 g/mol. The van der Waals surface area contributed by atoms with Gasteiger partial charge in [0.1, 0.15) is 35.8 Å². The van der Waals surface area contributed by atoms with Crippen LogP contribution in [0.1, 0.15) is 146 Å². The van der Waals surface area contributed by atoms with Crippen LogP contribution >= 0.6 is 0 Å². The molecule has 17 aliphatic rings. The van der Waals surface area contributed by atoms with Crippen LogP contribution in [0.4, 0.5) is 0 Å². The second-order valence-corrected chi connectivity index (χ2v) is 32.6. The summed E-state index contributed by atoms with van der Waals surface area (Å²) in [4.78, 5) is 51.8. The van der Waals surface area contributed by atoms with Crippen LogP contribution in [-0.4, -0.2) is 106 Å². The predicted octanol–water partition coefficient (Wildman–Crippen LogP) is 9.94. The topological polar surface area (TPSA) is 181 Å². The van der Waals surface area contributed by atoms with Gasteiger partial charge in [-0.05, 0) is 190 Å². The van der Waals surface area contributed by atoms with E-state index in [1.165, 1.54) is 30.4 Å². The molecule has 13 fully saturated rings. The number of nitrogens with zero attached hydrogens (tertiary/aromatic N) is 1. The minimum Gasteiger partial charge on any atom is -0.469 e. The number of aliphatic hydroxyl groups excluding tert-OH is 3. The molecule has 28 atom stereocenters. The molecule has 0 unspecified atom stereocenters. The normalized spacial score (nSPS) is 53.3. The molecule has 4 N–H and O–H groups in total. The van der Waals surface area contributed by atoms with Gasteiger partial charge in [0.05, 0.1) is 48.5 Å². The van der Waals surface area contributed by atoms with E-state index in [1.54, 1.807) is 6.26 Å². The van der Waals surface area contributed by atoms with Gasteiger partial charge in [-0.3, -0.25) is 14.9 Å². The van der Waals surface area contributed by atoms with Gasteiger partial charge >= 0.3 is 11.9 Å². The summed E-state index contributed by atoms with van der Waals surface area (Å²) in [5.41, 5.74) is -4.69. The molecule has 87 heavy (non-hydrogen) atoms. The zero-order chi connectivity index (χ0) is 58.6. The van der Waals surface area contributed by atoms with Gasteiger partial charge in [-0.2, -0.15) is 0 Å². The molecule has 8 saturated carbocycles. The highest BCUT2D eigenvalue weighted by Gasteiger charge is 2.99. The van der Waals surface area contributed by atoms with E-state index in [4.69, 9.17) is 23.4 Å². The molecular weight excluding hydrogens is 1090 g/mol. The van der Waals surface area contributed by atoms with Gasteiger partial charge in [-0.1, -0.05) is 106 Å². The van der Waals surface area contributed by atoms with Gasteiger partial charge in [0.2, 0.25) is 0 Å². The first kappa shape index (κ1) is 54.4. The number of hydrogen-bond acceptors (Lipinski definition) is 13. The Balaban J connectivity index is 0.804. The summed E-state index contributed by atoms with van der Waals surface area (Å²) in [5, 5.41) is 41.4. The molecule has 2 aromatic rings. The second-order valence-electron chi connectivity index (χ2n) is 32.6. The Hall–Kier alpha value is -4.37. The number of epoxide rings is 1. The van der Waals surface area contributed by atoms with Crippen molar-refractivity contribution in [2.75, 3.05) is 26.4 Å². The third kappa shape index (κ3) is 6.30. The van der Waals surface area contributed by atoms with Crippen LogP contribution in [-0.2, 0) is 46.2 Å². The van der Waals surface area contributed by atoms with E-state index in [0.29, 0.717) is 54.7 Å². The Morgan fingerprint density at radius 3 is 2.61 bits per heavy atom. The zero-order valence-corrected chi connectivity index (χ0v) is 50.9. The number of hydrogen-bond donors (Lipinski definition) is 4. The molecule has 13 nitrogen and oxygen atoms in total. The van der Waals surface area contributed by atoms with E-state index >= 15 is 14.4 Å². The van der Waals surface area contributed by atoms with Gasteiger partial charge in [-0.15, -0.1) is 0 Å². The van der Waals surface area contributed by atoms with Gasteiger partial charge < -0.3 is 43.6 Å². The highest BCUT2D eigenvalue weighted by atomic mass is 16.7. The first-order valence-corrected chi connectivity index (χ1v) is 34.8. The first-order valence-electron chi connectivity index (χ1n) is 34.8. The zero-order valence-electron chi connectivity index (χ0n) is 50.9. The maximum atomic E-state index is 17.7. The van der Waals surface area contributed by atoms with Gasteiger partial charge in [0, 0.05) is 46.7 Å². The number of rotatable bonds is 9. The molecule has 7 aliphatic heterocycles. The first-order chi connectivity index (χ1) is 42.2. The molecule has 462 valence electrons. The van der Waals surface area contributed by atoms with Crippen molar-refractivity contribution in [3.05, 3.63) is 108 Å². The van der Waals surface area contributed by atoms with E-state index in [-0.39, 0.29) is 72.3 Å². The summed E-state index contributed by atoms with van der Waals surface area (Å²) in [7, 11) is 0. The maximum absolute atomic E-state index is 17.7. The van der Waals surface area contributed by atoms with Crippen molar-refractivity contribution in [2.45, 2.75) is 183 Å². The van der Waals surface area contributed by atoms with Crippen molar-refractivity contribution < 1.29 is 53.1 Å². The summed E-state index contributed by atoms with van der Waals surface area (Å²) < 4.78 is 37.1. The molecule has 6 spiro atoms. The Bertz CT molecular complexity index is 3370. The Morgan fingerprint density at radius 1 is 0.874 bits per heavy atom. The third-order valence-corrected chi connectivity index (χ3v) is 30.3. The summed E-state index contributed by atoms with van der Waals surface area (Å²) in [6, 6.07) is 13.2. The largest absolute Gasteiger partial charge is 0.469 e. The smallest absolute Gasteiger partial charge is 0.339 e. The molecule has 5 bridgehead atoms. The minimum atomic E-state index is -1.52. The number of Topliss-reactive ketones (excluding diaryl/α,β-unsaturated/α-hetero) is 1. The SMILES string of the molecule is C[C@H]1[C@@H]2CCC[C@H]2C=C[C@]12C=CC[C@]13O[C@]45C(=C[C@@H]21)C[C@H]1CCC[C@]12C[C@@H]1C[C@@]6(C)[C@H](c7ccoc7C[C@@H]([C@H]7CC[C@H]8[C@H](C=CN9CNC[C@@H]89)C7)[C@H](O)CO)OC(=O)[C@H]7O[C@]76[C@]6([C@H]7CCC[C@H](Cc8ccccc8)C7)[C@H](O)C(=O)[C@H]3[C@@]4(COC(=O)[C@@H]25)[C@@H]16. The molecular formula is C74H90N2O11. The van der Waals surface area contributed by atoms with Crippen LogP contribution in [0.15, 0.2) is 95.3 Å². The number of benzene rings is 1.